The lowest BCUT2D eigenvalue weighted by Gasteiger charge is -2.33. The molecule has 0 bridgehead atoms. The van der Waals surface area contributed by atoms with Crippen molar-refractivity contribution in [2.75, 3.05) is 19.6 Å². The number of hydrogen-bond acceptors (Lipinski definition) is 4. The number of amides is 1. The fourth-order valence-electron chi connectivity index (χ4n) is 4.02. The van der Waals surface area contributed by atoms with Gasteiger partial charge in [0, 0.05) is 31.2 Å². The molecule has 1 aliphatic heterocycles. The minimum absolute atomic E-state index is 0.190. The number of benzene rings is 1. The Balaban J connectivity index is 1.68. The highest BCUT2D eigenvalue weighted by Crippen LogP contribution is 2.15. The number of nitrogens with zero attached hydrogens (tertiary/aromatic N) is 2. The van der Waals surface area contributed by atoms with E-state index in [1.807, 2.05) is 0 Å². The number of aromatic nitrogens is 2. The van der Waals surface area contributed by atoms with Gasteiger partial charge in [-0.2, -0.15) is 0 Å². The molecule has 1 amide bonds. The molecular weight excluding hydrogens is 368 g/mol. The number of H-pyrrole nitrogens is 1. The number of nitrogens with one attached hydrogen (secondary N) is 2. The second kappa shape index (κ2) is 9.87. The van der Waals surface area contributed by atoms with Crippen LogP contribution in [-0.2, 0) is 6.54 Å². The van der Waals surface area contributed by atoms with Crippen molar-refractivity contribution in [2.24, 2.45) is 0 Å². The van der Waals surface area contributed by atoms with Crippen LogP contribution in [-0.4, -0.2) is 46.0 Å². The molecule has 7 nitrogen and oxygen atoms in total. The van der Waals surface area contributed by atoms with E-state index in [1.165, 1.54) is 23.8 Å². The first-order valence-electron chi connectivity index (χ1n) is 10.8. The summed E-state index contributed by atoms with van der Waals surface area (Å²) in [5.74, 6) is -0.190. The molecule has 2 N–H and O–H groups in total. The summed E-state index contributed by atoms with van der Waals surface area (Å²) in [4.78, 5) is 42.6. The standard InChI is InChI=1S/C22H32N4O3/c1-3-4-6-13-26-21(28)18-10-9-17(15-19(18)24-22(26)29)20(27)23-11-14-25-12-7-5-8-16(25)2/h9-10,15-16H,3-8,11-14H2,1-2H3,(H,23,27)(H,24,29)/t16-/m0/s1. The summed E-state index contributed by atoms with van der Waals surface area (Å²) < 4.78 is 1.25. The van der Waals surface area contributed by atoms with Crippen LogP contribution in [0.2, 0.25) is 0 Å². The maximum Gasteiger partial charge on any atom is 0.328 e. The predicted octanol–water partition coefficient (Wildman–Crippen LogP) is 2.48. The average Bonchev–Trinajstić information content (AvgIpc) is 2.71. The van der Waals surface area contributed by atoms with Gasteiger partial charge in [-0.25, -0.2) is 4.79 Å². The molecule has 0 aliphatic carbocycles. The van der Waals surface area contributed by atoms with Crippen LogP contribution >= 0.6 is 0 Å². The van der Waals surface area contributed by atoms with E-state index >= 15 is 0 Å². The zero-order chi connectivity index (χ0) is 20.8. The Morgan fingerprint density at radius 1 is 1.21 bits per heavy atom. The molecule has 1 saturated heterocycles. The van der Waals surface area contributed by atoms with Gasteiger partial charge in [-0.3, -0.25) is 19.1 Å². The molecule has 2 aromatic rings. The minimum atomic E-state index is -0.421. The van der Waals surface area contributed by atoms with Gasteiger partial charge in [0.2, 0.25) is 0 Å². The zero-order valence-electron chi connectivity index (χ0n) is 17.5. The van der Waals surface area contributed by atoms with E-state index < -0.39 is 5.69 Å². The molecule has 158 valence electrons. The van der Waals surface area contributed by atoms with Crippen molar-refractivity contribution in [1.82, 2.24) is 19.8 Å². The van der Waals surface area contributed by atoms with Crippen LogP contribution in [0.3, 0.4) is 0 Å². The number of hydrogen-bond donors (Lipinski definition) is 2. The van der Waals surface area contributed by atoms with E-state index in [2.05, 4.69) is 29.0 Å². The highest BCUT2D eigenvalue weighted by atomic mass is 16.2. The van der Waals surface area contributed by atoms with Gasteiger partial charge >= 0.3 is 5.69 Å². The predicted molar refractivity (Wildman–Crippen MR) is 116 cm³/mol. The summed E-state index contributed by atoms with van der Waals surface area (Å²) in [5, 5.41) is 3.38. The van der Waals surface area contributed by atoms with Gasteiger partial charge in [-0.15, -0.1) is 0 Å². The van der Waals surface area contributed by atoms with Gasteiger partial charge in [0.25, 0.3) is 11.5 Å². The molecule has 3 rings (SSSR count). The van der Waals surface area contributed by atoms with Crippen LogP contribution in [0.5, 0.6) is 0 Å². The third-order valence-corrected chi connectivity index (χ3v) is 5.85. The fourth-order valence-corrected chi connectivity index (χ4v) is 4.02. The van der Waals surface area contributed by atoms with E-state index in [0.29, 0.717) is 35.6 Å². The Labute approximate surface area is 171 Å². The smallest absolute Gasteiger partial charge is 0.328 e. The lowest BCUT2D eigenvalue weighted by Crippen LogP contribution is -2.42. The maximum atomic E-state index is 12.6. The van der Waals surface area contributed by atoms with Gasteiger partial charge < -0.3 is 10.3 Å². The van der Waals surface area contributed by atoms with E-state index in [0.717, 1.165) is 32.4 Å². The number of carbonyl (C=O) groups excluding carboxylic acids is 1. The van der Waals surface area contributed by atoms with Crippen molar-refractivity contribution < 1.29 is 4.79 Å². The number of rotatable bonds is 8. The molecule has 2 heterocycles. The highest BCUT2D eigenvalue weighted by Gasteiger charge is 2.18. The van der Waals surface area contributed by atoms with E-state index in [4.69, 9.17) is 0 Å². The molecule has 7 heteroatoms. The van der Waals surface area contributed by atoms with Crippen LogP contribution in [0.4, 0.5) is 0 Å². The minimum Gasteiger partial charge on any atom is -0.351 e. The molecule has 1 atom stereocenters. The van der Waals surface area contributed by atoms with Crippen molar-refractivity contribution in [3.8, 4) is 0 Å². The Morgan fingerprint density at radius 2 is 2.03 bits per heavy atom. The number of unbranched alkanes of at least 4 members (excludes halogenated alkanes) is 2. The molecule has 29 heavy (non-hydrogen) atoms. The summed E-state index contributed by atoms with van der Waals surface area (Å²) in [6.45, 7) is 7.22. The fraction of sp³-hybridized carbons (Fsp3) is 0.591. The van der Waals surface area contributed by atoms with E-state index in [9.17, 15) is 14.4 Å². The molecule has 0 radical (unpaired) electrons. The van der Waals surface area contributed by atoms with Gasteiger partial charge in [0.05, 0.1) is 10.9 Å². The zero-order valence-corrected chi connectivity index (χ0v) is 17.5. The molecule has 1 aromatic carbocycles. The number of likely N-dealkylation sites (tertiary alicyclic amines) is 1. The molecule has 1 aliphatic rings. The molecule has 0 saturated carbocycles. The van der Waals surface area contributed by atoms with Crippen LogP contribution in [0.15, 0.2) is 27.8 Å². The Kier molecular flexibility index (Phi) is 7.25. The van der Waals surface area contributed by atoms with Crippen molar-refractivity contribution in [1.29, 1.82) is 0 Å². The lowest BCUT2D eigenvalue weighted by atomic mass is 10.0. The largest absolute Gasteiger partial charge is 0.351 e. The normalized spacial score (nSPS) is 17.5. The second-order valence-corrected chi connectivity index (χ2v) is 7.99. The molecule has 1 aromatic heterocycles. The second-order valence-electron chi connectivity index (χ2n) is 7.99. The first-order chi connectivity index (χ1) is 14.0. The van der Waals surface area contributed by atoms with E-state index in [-0.39, 0.29) is 11.5 Å². The number of piperidine rings is 1. The third-order valence-electron chi connectivity index (χ3n) is 5.85. The summed E-state index contributed by atoms with van der Waals surface area (Å²) >= 11 is 0. The van der Waals surface area contributed by atoms with Gasteiger partial charge in [-0.05, 0) is 50.9 Å². The summed E-state index contributed by atoms with van der Waals surface area (Å²) in [6.07, 6.45) is 6.49. The third kappa shape index (κ3) is 5.15. The van der Waals surface area contributed by atoms with E-state index in [1.54, 1.807) is 18.2 Å². The van der Waals surface area contributed by atoms with Crippen molar-refractivity contribution >= 4 is 16.8 Å². The van der Waals surface area contributed by atoms with Crippen LogP contribution in [0.25, 0.3) is 10.9 Å². The van der Waals surface area contributed by atoms with Gasteiger partial charge in [-0.1, -0.05) is 26.2 Å². The van der Waals surface area contributed by atoms with Crippen molar-refractivity contribution in [3.05, 3.63) is 44.6 Å². The first kappa shape index (κ1) is 21.3. The summed E-state index contributed by atoms with van der Waals surface area (Å²) in [7, 11) is 0. The number of carbonyl (C=O) groups is 1. The topological polar surface area (TPSA) is 87.2 Å². The van der Waals surface area contributed by atoms with Crippen LogP contribution in [0.1, 0.15) is 62.7 Å². The van der Waals surface area contributed by atoms with Crippen LogP contribution in [0, 0.1) is 0 Å². The molecule has 0 spiro atoms. The number of aromatic amines is 1. The van der Waals surface area contributed by atoms with Gasteiger partial charge in [0.1, 0.15) is 0 Å². The quantitative estimate of drug-likeness (QED) is 0.667. The summed E-state index contributed by atoms with van der Waals surface area (Å²) in [5.41, 5.74) is 0.133. The Hall–Kier alpha value is -2.41. The molecule has 0 unspecified atom stereocenters. The van der Waals surface area contributed by atoms with Crippen molar-refractivity contribution in [2.45, 2.75) is 65.0 Å². The Bertz CT molecular complexity index is 963. The average molecular weight is 401 g/mol. The lowest BCUT2D eigenvalue weighted by molar-refractivity contribution is 0.0938. The van der Waals surface area contributed by atoms with Crippen molar-refractivity contribution in [3.63, 3.8) is 0 Å². The van der Waals surface area contributed by atoms with Gasteiger partial charge in [0.15, 0.2) is 0 Å². The van der Waals surface area contributed by atoms with Crippen LogP contribution < -0.4 is 16.6 Å². The highest BCUT2D eigenvalue weighted by molar-refractivity contribution is 5.97. The first-order valence-corrected chi connectivity index (χ1v) is 10.8. The molecule has 1 fully saturated rings. The Morgan fingerprint density at radius 3 is 2.79 bits per heavy atom. The summed E-state index contributed by atoms with van der Waals surface area (Å²) in [6, 6.07) is 5.43. The monoisotopic (exact) mass is 400 g/mol. The molecular formula is C22H32N4O3. The SMILES string of the molecule is CCCCCn1c(=O)[nH]c2cc(C(=O)NCCN3CCCC[C@@H]3C)ccc2c1=O. The maximum absolute atomic E-state index is 12.6. The number of fused-ring (bicyclic) bond motifs is 1.